The van der Waals surface area contributed by atoms with Gasteiger partial charge in [-0.15, -0.1) is 12.4 Å². The summed E-state index contributed by atoms with van der Waals surface area (Å²) in [6, 6.07) is 0. The van der Waals surface area contributed by atoms with Gasteiger partial charge in [0.05, 0.1) is 6.42 Å². The zero-order valence-electron chi connectivity index (χ0n) is 6.68. The molecule has 0 aliphatic heterocycles. The fourth-order valence-corrected chi connectivity index (χ4v) is 0.534. The maximum Gasteiger partial charge on any atom is 0.303 e. The van der Waals surface area contributed by atoms with Gasteiger partial charge in [0, 0.05) is 0 Å². The lowest BCUT2D eigenvalue weighted by Crippen LogP contribution is -2.14. The average molecular weight is 167 g/mol. The highest BCUT2D eigenvalue weighted by molar-refractivity contribution is 5.85. The Labute approximate surface area is 68.0 Å². The number of carboxylic acids is 1. The van der Waals surface area contributed by atoms with Gasteiger partial charge in [0.2, 0.25) is 0 Å². The molecule has 0 fully saturated rings. The second-order valence-electron chi connectivity index (χ2n) is 3.09. The van der Waals surface area contributed by atoms with Crippen LogP contribution >= 0.6 is 12.4 Å². The first kappa shape index (κ1) is 12.4. The molecule has 0 atom stereocenters. The van der Waals surface area contributed by atoms with Crippen LogP contribution in [0, 0.1) is 5.41 Å². The van der Waals surface area contributed by atoms with Gasteiger partial charge in [-0.05, 0) is 5.41 Å². The summed E-state index contributed by atoms with van der Waals surface area (Å²) in [5.41, 5.74) is -0.0359. The number of carboxylic acid groups (broad SMARTS) is 1. The predicted octanol–water partition coefficient (Wildman–Crippen LogP) is 2.32. The summed E-state index contributed by atoms with van der Waals surface area (Å²) in [7, 11) is 0. The van der Waals surface area contributed by atoms with Crippen LogP contribution in [0.15, 0.2) is 0 Å². The number of hydrogen-bond acceptors (Lipinski definition) is 1. The van der Waals surface area contributed by atoms with Crippen LogP contribution in [0.25, 0.3) is 0 Å². The van der Waals surface area contributed by atoms with E-state index in [0.717, 1.165) is 6.42 Å². The van der Waals surface area contributed by atoms with Crippen molar-refractivity contribution >= 4 is 18.4 Å². The zero-order chi connectivity index (χ0) is 7.49. The fraction of sp³-hybridized carbons (Fsp3) is 0.857. The predicted molar refractivity (Wildman–Crippen MR) is 43.6 cm³/mol. The van der Waals surface area contributed by atoms with Crippen LogP contribution in [-0.4, -0.2) is 11.1 Å². The van der Waals surface area contributed by atoms with Crippen molar-refractivity contribution < 1.29 is 9.90 Å². The Bertz CT molecular complexity index is 110. The topological polar surface area (TPSA) is 37.3 Å². The molecule has 0 rings (SSSR count). The van der Waals surface area contributed by atoms with Crippen LogP contribution in [-0.2, 0) is 4.79 Å². The molecule has 2 nitrogen and oxygen atoms in total. The smallest absolute Gasteiger partial charge is 0.303 e. The van der Waals surface area contributed by atoms with Gasteiger partial charge in [-0.2, -0.15) is 0 Å². The van der Waals surface area contributed by atoms with Crippen molar-refractivity contribution in [1.29, 1.82) is 0 Å². The summed E-state index contributed by atoms with van der Waals surface area (Å²) < 4.78 is 0. The second kappa shape index (κ2) is 4.56. The highest BCUT2D eigenvalue weighted by Gasteiger charge is 2.18. The SMILES string of the molecule is CCC(C)(C)CC(=O)O.Cl. The minimum atomic E-state index is -0.707. The molecular formula is C7H15ClO2. The van der Waals surface area contributed by atoms with Crippen molar-refractivity contribution in [3.05, 3.63) is 0 Å². The number of hydrogen-bond donors (Lipinski definition) is 1. The van der Waals surface area contributed by atoms with Crippen LogP contribution in [0.3, 0.4) is 0 Å². The van der Waals surface area contributed by atoms with Gasteiger partial charge in [-0.1, -0.05) is 27.2 Å². The number of aliphatic carboxylic acids is 1. The van der Waals surface area contributed by atoms with E-state index < -0.39 is 5.97 Å². The van der Waals surface area contributed by atoms with E-state index in [4.69, 9.17) is 5.11 Å². The second-order valence-corrected chi connectivity index (χ2v) is 3.09. The Kier molecular flexibility index (Phi) is 5.67. The first-order chi connectivity index (χ1) is 3.98. The van der Waals surface area contributed by atoms with Gasteiger partial charge < -0.3 is 5.11 Å². The molecule has 62 valence electrons. The number of rotatable bonds is 3. The molecule has 0 bridgehead atoms. The lowest BCUT2D eigenvalue weighted by Gasteiger charge is -2.18. The Morgan fingerprint density at radius 2 is 1.90 bits per heavy atom. The molecule has 0 aliphatic carbocycles. The van der Waals surface area contributed by atoms with E-state index in [1.807, 2.05) is 20.8 Å². The summed E-state index contributed by atoms with van der Waals surface area (Å²) in [5.74, 6) is -0.707. The number of carbonyl (C=O) groups is 1. The van der Waals surface area contributed by atoms with E-state index >= 15 is 0 Å². The van der Waals surface area contributed by atoms with E-state index in [1.54, 1.807) is 0 Å². The Balaban J connectivity index is 0. The van der Waals surface area contributed by atoms with E-state index in [0.29, 0.717) is 0 Å². The molecule has 0 aliphatic rings. The van der Waals surface area contributed by atoms with Crippen molar-refractivity contribution in [2.45, 2.75) is 33.6 Å². The van der Waals surface area contributed by atoms with E-state index in [-0.39, 0.29) is 24.2 Å². The zero-order valence-corrected chi connectivity index (χ0v) is 7.49. The van der Waals surface area contributed by atoms with Crippen molar-refractivity contribution in [2.75, 3.05) is 0 Å². The van der Waals surface area contributed by atoms with E-state index in [9.17, 15) is 4.79 Å². The lowest BCUT2D eigenvalue weighted by atomic mass is 9.87. The molecule has 0 amide bonds. The normalized spacial score (nSPS) is 10.3. The monoisotopic (exact) mass is 166 g/mol. The van der Waals surface area contributed by atoms with Crippen LogP contribution in [0.4, 0.5) is 0 Å². The fourth-order valence-electron chi connectivity index (χ4n) is 0.534. The van der Waals surface area contributed by atoms with Crippen LogP contribution in [0.5, 0.6) is 0 Å². The molecule has 0 saturated heterocycles. The van der Waals surface area contributed by atoms with Gasteiger partial charge in [-0.3, -0.25) is 4.79 Å². The summed E-state index contributed by atoms with van der Waals surface area (Å²) in [4.78, 5) is 10.2. The summed E-state index contributed by atoms with van der Waals surface area (Å²) in [6.07, 6.45) is 1.18. The molecule has 0 aromatic heterocycles. The Morgan fingerprint density at radius 1 is 1.50 bits per heavy atom. The highest BCUT2D eigenvalue weighted by Crippen LogP contribution is 2.23. The third-order valence-electron chi connectivity index (χ3n) is 1.59. The van der Waals surface area contributed by atoms with Crippen LogP contribution in [0.2, 0.25) is 0 Å². The quantitative estimate of drug-likeness (QED) is 0.699. The third-order valence-corrected chi connectivity index (χ3v) is 1.59. The molecule has 3 heteroatoms. The third kappa shape index (κ3) is 5.89. The van der Waals surface area contributed by atoms with Crippen molar-refractivity contribution in [3.8, 4) is 0 Å². The molecule has 10 heavy (non-hydrogen) atoms. The molecule has 1 N–H and O–H groups in total. The first-order valence-electron chi connectivity index (χ1n) is 3.20. The molecule has 0 heterocycles. The lowest BCUT2D eigenvalue weighted by molar-refractivity contribution is -0.139. The van der Waals surface area contributed by atoms with Gasteiger partial charge in [0.25, 0.3) is 0 Å². The van der Waals surface area contributed by atoms with Gasteiger partial charge >= 0.3 is 5.97 Å². The minimum absolute atomic E-state index is 0. The molecule has 0 saturated carbocycles. The first-order valence-corrected chi connectivity index (χ1v) is 3.20. The van der Waals surface area contributed by atoms with Crippen molar-refractivity contribution in [1.82, 2.24) is 0 Å². The van der Waals surface area contributed by atoms with Crippen LogP contribution < -0.4 is 0 Å². The number of halogens is 1. The van der Waals surface area contributed by atoms with Gasteiger partial charge in [0.1, 0.15) is 0 Å². The molecule has 0 radical (unpaired) electrons. The average Bonchev–Trinajstić information content (AvgIpc) is 1.63. The van der Waals surface area contributed by atoms with Crippen molar-refractivity contribution in [2.24, 2.45) is 5.41 Å². The molecule has 0 aromatic rings. The molecule has 0 spiro atoms. The molecular weight excluding hydrogens is 152 g/mol. The van der Waals surface area contributed by atoms with Gasteiger partial charge in [0.15, 0.2) is 0 Å². The van der Waals surface area contributed by atoms with E-state index in [1.165, 1.54) is 0 Å². The Hall–Kier alpha value is -0.240. The van der Waals surface area contributed by atoms with Crippen molar-refractivity contribution in [3.63, 3.8) is 0 Å². The van der Waals surface area contributed by atoms with Gasteiger partial charge in [-0.25, -0.2) is 0 Å². The largest absolute Gasteiger partial charge is 0.481 e. The standard InChI is InChI=1S/C7H14O2.ClH/c1-4-7(2,3)5-6(8)9;/h4-5H2,1-3H3,(H,8,9);1H. The maximum atomic E-state index is 10.2. The summed E-state index contributed by atoms with van der Waals surface area (Å²) in [5, 5.41) is 8.38. The Morgan fingerprint density at radius 3 is 2.00 bits per heavy atom. The van der Waals surface area contributed by atoms with E-state index in [2.05, 4.69) is 0 Å². The molecule has 0 aromatic carbocycles. The summed E-state index contributed by atoms with van der Waals surface area (Å²) in [6.45, 7) is 5.92. The van der Waals surface area contributed by atoms with Crippen LogP contribution in [0.1, 0.15) is 33.6 Å². The molecule has 0 unspecified atom stereocenters. The highest BCUT2D eigenvalue weighted by atomic mass is 35.5. The maximum absolute atomic E-state index is 10.2. The summed E-state index contributed by atoms with van der Waals surface area (Å²) >= 11 is 0. The minimum Gasteiger partial charge on any atom is -0.481 e.